The summed E-state index contributed by atoms with van der Waals surface area (Å²) in [5.41, 5.74) is 5.73. The van der Waals surface area contributed by atoms with E-state index in [1.165, 1.54) is 0 Å². The molecule has 0 aliphatic rings. The van der Waals surface area contributed by atoms with Crippen LogP contribution in [0.4, 0.5) is 11.9 Å². The summed E-state index contributed by atoms with van der Waals surface area (Å²) in [6, 6.07) is 0. The third-order valence-corrected chi connectivity index (χ3v) is 2.01. The van der Waals surface area contributed by atoms with Gasteiger partial charge < -0.3 is 10.6 Å². The molecule has 80 valence electrons. The van der Waals surface area contributed by atoms with Crippen molar-refractivity contribution in [3.05, 3.63) is 0 Å². The van der Waals surface area contributed by atoms with Crippen LogP contribution in [0.2, 0.25) is 0 Å². The highest BCUT2D eigenvalue weighted by atomic mass is 15.4. The molecule has 0 fully saturated rings. The van der Waals surface area contributed by atoms with Crippen molar-refractivity contribution in [3.63, 3.8) is 0 Å². The van der Waals surface area contributed by atoms with Crippen LogP contribution in [0.3, 0.4) is 0 Å². The molecule has 0 aliphatic heterocycles. The van der Waals surface area contributed by atoms with Crippen LogP contribution in [0.25, 0.3) is 0 Å². The van der Waals surface area contributed by atoms with Crippen LogP contribution in [-0.2, 0) is 6.54 Å². The third kappa shape index (κ3) is 2.61. The van der Waals surface area contributed by atoms with Gasteiger partial charge in [0.2, 0.25) is 11.9 Å². The molecule has 0 saturated carbocycles. The Bertz CT molecular complexity index is 289. The molecule has 0 spiro atoms. The molecule has 0 aliphatic carbocycles. The van der Waals surface area contributed by atoms with Gasteiger partial charge in [0.15, 0.2) is 0 Å². The van der Waals surface area contributed by atoms with Crippen molar-refractivity contribution < 1.29 is 0 Å². The molecular weight excluding hydrogens is 178 g/mol. The van der Waals surface area contributed by atoms with Gasteiger partial charge in [0.1, 0.15) is 0 Å². The predicted octanol–water partition coefficient (Wildman–Crippen LogP) is 0.972. The molecule has 1 aromatic rings. The van der Waals surface area contributed by atoms with Crippen molar-refractivity contribution in [2.75, 3.05) is 24.7 Å². The first-order valence-electron chi connectivity index (χ1n) is 4.88. The van der Waals surface area contributed by atoms with Gasteiger partial charge in [0, 0.05) is 20.6 Å². The molecular formula is C9H19N5. The molecule has 0 amide bonds. The van der Waals surface area contributed by atoms with Crippen LogP contribution >= 0.6 is 0 Å². The first-order chi connectivity index (χ1) is 6.50. The second kappa shape index (κ2) is 4.30. The normalized spacial score (nSPS) is 10.9. The molecule has 14 heavy (non-hydrogen) atoms. The van der Waals surface area contributed by atoms with Crippen molar-refractivity contribution >= 4 is 11.9 Å². The van der Waals surface area contributed by atoms with Crippen LogP contribution in [0.1, 0.15) is 20.3 Å². The summed E-state index contributed by atoms with van der Waals surface area (Å²) in [6.07, 6.45) is 1.07. The minimum atomic E-state index is 0.495. The number of nitrogens with two attached hydrogens (primary N) is 1. The number of rotatable bonds is 4. The van der Waals surface area contributed by atoms with Gasteiger partial charge in [-0.3, -0.25) is 0 Å². The number of anilines is 2. The summed E-state index contributed by atoms with van der Waals surface area (Å²) in [5.74, 6) is 1.82. The van der Waals surface area contributed by atoms with Gasteiger partial charge in [-0.1, -0.05) is 13.8 Å². The van der Waals surface area contributed by atoms with E-state index < -0.39 is 0 Å². The lowest BCUT2D eigenvalue weighted by Crippen LogP contribution is -2.11. The van der Waals surface area contributed by atoms with Gasteiger partial charge in [-0.15, -0.1) is 5.10 Å². The van der Waals surface area contributed by atoms with E-state index >= 15 is 0 Å². The highest BCUT2D eigenvalue weighted by molar-refractivity contribution is 5.32. The fourth-order valence-electron chi connectivity index (χ4n) is 1.08. The van der Waals surface area contributed by atoms with Gasteiger partial charge in [-0.05, 0) is 12.3 Å². The summed E-state index contributed by atoms with van der Waals surface area (Å²) >= 11 is 0. The van der Waals surface area contributed by atoms with Gasteiger partial charge >= 0.3 is 0 Å². The summed E-state index contributed by atoms with van der Waals surface area (Å²) in [7, 11) is 3.81. The number of aryl methyl sites for hydroxylation is 1. The van der Waals surface area contributed by atoms with Crippen LogP contribution in [0, 0.1) is 5.92 Å². The molecule has 1 aromatic heterocycles. The Labute approximate surface area is 84.9 Å². The number of aromatic nitrogens is 3. The Hall–Kier alpha value is -1.26. The maximum absolute atomic E-state index is 5.73. The van der Waals surface area contributed by atoms with Crippen molar-refractivity contribution in [1.82, 2.24) is 14.8 Å². The van der Waals surface area contributed by atoms with Gasteiger partial charge in [0.25, 0.3) is 0 Å². The highest BCUT2D eigenvalue weighted by Gasteiger charge is 2.08. The molecule has 2 N–H and O–H groups in total. The molecule has 0 atom stereocenters. The zero-order chi connectivity index (χ0) is 10.7. The topological polar surface area (TPSA) is 60.0 Å². The summed E-state index contributed by atoms with van der Waals surface area (Å²) in [4.78, 5) is 5.99. The van der Waals surface area contributed by atoms with Crippen LogP contribution < -0.4 is 10.6 Å². The lowest BCUT2D eigenvalue weighted by molar-refractivity contribution is 0.491. The van der Waals surface area contributed by atoms with Crippen molar-refractivity contribution in [2.24, 2.45) is 5.92 Å². The highest BCUT2D eigenvalue weighted by Crippen LogP contribution is 2.10. The SMILES string of the molecule is CC(C)CCn1nc(N(C)C)nc1N. The average molecular weight is 197 g/mol. The first kappa shape index (κ1) is 10.8. The Morgan fingerprint density at radius 1 is 1.43 bits per heavy atom. The molecule has 5 heteroatoms. The Balaban J connectivity index is 2.67. The zero-order valence-corrected chi connectivity index (χ0v) is 9.36. The molecule has 1 heterocycles. The van der Waals surface area contributed by atoms with E-state index in [2.05, 4.69) is 23.9 Å². The van der Waals surface area contributed by atoms with E-state index in [1.54, 1.807) is 4.68 Å². The van der Waals surface area contributed by atoms with E-state index in [1.807, 2.05) is 19.0 Å². The molecule has 0 bridgehead atoms. The minimum absolute atomic E-state index is 0.495. The second-order valence-electron chi connectivity index (χ2n) is 4.07. The fraction of sp³-hybridized carbons (Fsp3) is 0.778. The number of nitrogens with zero attached hydrogens (tertiary/aromatic N) is 4. The maximum atomic E-state index is 5.73. The molecule has 0 radical (unpaired) electrons. The second-order valence-corrected chi connectivity index (χ2v) is 4.07. The Morgan fingerprint density at radius 3 is 2.50 bits per heavy atom. The largest absolute Gasteiger partial charge is 0.368 e. The van der Waals surface area contributed by atoms with E-state index in [0.29, 0.717) is 17.8 Å². The summed E-state index contributed by atoms with van der Waals surface area (Å²) in [6.45, 7) is 5.20. The van der Waals surface area contributed by atoms with Crippen molar-refractivity contribution in [2.45, 2.75) is 26.8 Å². The molecule has 1 rings (SSSR count). The van der Waals surface area contributed by atoms with E-state index in [9.17, 15) is 0 Å². The zero-order valence-electron chi connectivity index (χ0n) is 9.36. The quantitative estimate of drug-likeness (QED) is 0.781. The lowest BCUT2D eigenvalue weighted by atomic mass is 10.1. The fourth-order valence-corrected chi connectivity index (χ4v) is 1.08. The molecule has 0 saturated heterocycles. The summed E-state index contributed by atoms with van der Waals surface area (Å²) in [5, 5.41) is 4.29. The first-order valence-corrected chi connectivity index (χ1v) is 4.88. The Morgan fingerprint density at radius 2 is 2.07 bits per heavy atom. The molecule has 5 nitrogen and oxygen atoms in total. The minimum Gasteiger partial charge on any atom is -0.368 e. The van der Waals surface area contributed by atoms with Crippen LogP contribution in [0.5, 0.6) is 0 Å². The maximum Gasteiger partial charge on any atom is 0.246 e. The van der Waals surface area contributed by atoms with Crippen LogP contribution in [-0.4, -0.2) is 28.9 Å². The van der Waals surface area contributed by atoms with Crippen molar-refractivity contribution in [1.29, 1.82) is 0 Å². The smallest absolute Gasteiger partial charge is 0.246 e. The molecule has 0 unspecified atom stereocenters. The van der Waals surface area contributed by atoms with Gasteiger partial charge in [-0.2, -0.15) is 4.98 Å². The number of nitrogen functional groups attached to an aromatic ring is 1. The molecule has 0 aromatic carbocycles. The van der Waals surface area contributed by atoms with E-state index in [-0.39, 0.29) is 0 Å². The third-order valence-electron chi connectivity index (χ3n) is 2.01. The van der Waals surface area contributed by atoms with Crippen LogP contribution in [0.15, 0.2) is 0 Å². The average Bonchev–Trinajstić information content (AvgIpc) is 2.43. The van der Waals surface area contributed by atoms with E-state index in [0.717, 1.165) is 13.0 Å². The Kier molecular flexibility index (Phi) is 3.33. The standard InChI is InChI=1S/C9H19N5/c1-7(2)5-6-14-8(10)11-9(12-14)13(3)4/h7H,5-6H2,1-4H3,(H2,10,11,12). The predicted molar refractivity (Wildman–Crippen MR) is 58.2 cm³/mol. The lowest BCUT2D eigenvalue weighted by Gasteiger charge is -2.06. The van der Waals surface area contributed by atoms with E-state index in [4.69, 9.17) is 5.73 Å². The number of hydrogen-bond acceptors (Lipinski definition) is 4. The number of hydrogen-bond donors (Lipinski definition) is 1. The van der Waals surface area contributed by atoms with Crippen molar-refractivity contribution in [3.8, 4) is 0 Å². The van der Waals surface area contributed by atoms with Gasteiger partial charge in [0.05, 0.1) is 0 Å². The monoisotopic (exact) mass is 197 g/mol. The summed E-state index contributed by atoms with van der Waals surface area (Å²) < 4.78 is 1.76. The van der Waals surface area contributed by atoms with Gasteiger partial charge in [-0.25, -0.2) is 4.68 Å².